The summed E-state index contributed by atoms with van der Waals surface area (Å²) in [4.78, 5) is 27.6. The number of hydrogen-bond donors (Lipinski definition) is 1. The molecule has 2 N–H and O–H groups in total. The molecule has 84 valence electrons. The molecule has 2 aromatic rings. The van der Waals surface area contributed by atoms with Crippen LogP contribution in [0.5, 0.6) is 0 Å². The predicted molar refractivity (Wildman–Crippen MR) is 61.4 cm³/mol. The molecule has 6 nitrogen and oxygen atoms in total. The Hall–Kier alpha value is -2.11. The number of anilines is 1. The first-order valence-electron chi connectivity index (χ1n) is 4.76. The number of aromatic nitrogens is 3. The van der Waals surface area contributed by atoms with Gasteiger partial charge in [0.05, 0.1) is 5.69 Å². The molecule has 0 bridgehead atoms. The number of rotatable bonds is 0. The molecule has 0 aliphatic rings. The van der Waals surface area contributed by atoms with E-state index in [9.17, 15) is 9.59 Å². The van der Waals surface area contributed by atoms with Gasteiger partial charge in [0.15, 0.2) is 5.65 Å². The number of aryl methyl sites for hydroxylation is 2. The highest BCUT2D eigenvalue weighted by molar-refractivity contribution is 5.88. The van der Waals surface area contributed by atoms with Crippen molar-refractivity contribution < 1.29 is 0 Å². The monoisotopic (exact) mass is 220 g/mol. The third-order valence-corrected chi connectivity index (χ3v) is 2.71. The molecule has 2 heterocycles. The van der Waals surface area contributed by atoms with Gasteiger partial charge in [0.25, 0.3) is 5.56 Å². The van der Waals surface area contributed by atoms with Crippen molar-refractivity contribution in [3.05, 3.63) is 32.6 Å². The van der Waals surface area contributed by atoms with Crippen LogP contribution < -0.4 is 17.0 Å². The third-order valence-electron chi connectivity index (χ3n) is 2.71. The van der Waals surface area contributed by atoms with Crippen LogP contribution in [0.1, 0.15) is 5.56 Å². The van der Waals surface area contributed by atoms with E-state index >= 15 is 0 Å². The number of nitrogen functional groups attached to an aromatic ring is 1. The largest absolute Gasteiger partial charge is 0.398 e. The molecule has 0 unspecified atom stereocenters. The minimum Gasteiger partial charge on any atom is -0.398 e. The normalized spacial score (nSPS) is 10.9. The molecule has 2 rings (SSSR count). The lowest BCUT2D eigenvalue weighted by Gasteiger charge is -2.09. The number of fused-ring (bicyclic) bond motifs is 1. The highest BCUT2D eigenvalue weighted by Crippen LogP contribution is 2.16. The molecule has 0 aliphatic heterocycles. The van der Waals surface area contributed by atoms with E-state index in [4.69, 9.17) is 5.73 Å². The number of pyridine rings is 1. The molecular weight excluding hydrogens is 208 g/mol. The Kier molecular flexibility index (Phi) is 2.08. The zero-order chi connectivity index (χ0) is 12.0. The molecule has 0 aromatic carbocycles. The molecule has 0 radical (unpaired) electrons. The van der Waals surface area contributed by atoms with Gasteiger partial charge in [0.2, 0.25) is 0 Å². The number of nitrogens with two attached hydrogens (primary N) is 1. The predicted octanol–water partition coefficient (Wildman–Crippen LogP) is -0.477. The van der Waals surface area contributed by atoms with E-state index < -0.39 is 11.2 Å². The van der Waals surface area contributed by atoms with E-state index in [1.54, 1.807) is 20.2 Å². The minimum absolute atomic E-state index is 0.296. The fourth-order valence-corrected chi connectivity index (χ4v) is 1.65. The Balaban J connectivity index is 3.22. The van der Waals surface area contributed by atoms with Crippen molar-refractivity contribution in [1.82, 2.24) is 14.1 Å². The van der Waals surface area contributed by atoms with Crippen molar-refractivity contribution in [3.63, 3.8) is 0 Å². The quantitative estimate of drug-likeness (QED) is 0.650. The number of hydrogen-bond acceptors (Lipinski definition) is 4. The average Bonchev–Trinajstić information content (AvgIpc) is 2.27. The molecule has 0 fully saturated rings. The Bertz CT molecular complexity index is 697. The van der Waals surface area contributed by atoms with Crippen LogP contribution in [0.2, 0.25) is 0 Å². The average molecular weight is 220 g/mol. The topological polar surface area (TPSA) is 82.9 Å². The van der Waals surface area contributed by atoms with Crippen molar-refractivity contribution in [1.29, 1.82) is 0 Å². The standard InChI is InChI=1S/C10H12N4O2/c1-5-4-12-8-6(7(5)11)9(15)14(3)10(16)13(8)2/h4H,1-3H3,(H2,11,12). The van der Waals surface area contributed by atoms with Gasteiger partial charge in [-0.2, -0.15) is 0 Å². The summed E-state index contributed by atoms with van der Waals surface area (Å²) < 4.78 is 2.34. The van der Waals surface area contributed by atoms with Crippen molar-refractivity contribution in [2.24, 2.45) is 14.1 Å². The molecule has 0 atom stereocenters. The lowest BCUT2D eigenvalue weighted by atomic mass is 10.2. The molecule has 0 saturated heterocycles. The maximum Gasteiger partial charge on any atom is 0.332 e. The van der Waals surface area contributed by atoms with Gasteiger partial charge in [-0.1, -0.05) is 0 Å². The molecular formula is C10H12N4O2. The van der Waals surface area contributed by atoms with E-state index in [2.05, 4.69) is 4.98 Å². The van der Waals surface area contributed by atoms with Crippen molar-refractivity contribution in [3.8, 4) is 0 Å². The van der Waals surface area contributed by atoms with E-state index in [-0.39, 0.29) is 0 Å². The lowest BCUT2D eigenvalue weighted by Crippen LogP contribution is -2.37. The van der Waals surface area contributed by atoms with Gasteiger partial charge in [-0.05, 0) is 12.5 Å². The van der Waals surface area contributed by atoms with E-state index in [0.29, 0.717) is 16.7 Å². The lowest BCUT2D eigenvalue weighted by molar-refractivity contribution is 0.707. The summed E-state index contributed by atoms with van der Waals surface area (Å²) in [6.07, 6.45) is 1.55. The highest BCUT2D eigenvalue weighted by Gasteiger charge is 2.13. The van der Waals surface area contributed by atoms with Crippen molar-refractivity contribution >= 4 is 16.7 Å². The van der Waals surface area contributed by atoms with Gasteiger partial charge in [0.1, 0.15) is 5.39 Å². The first-order valence-corrected chi connectivity index (χ1v) is 4.76. The summed E-state index contributed by atoms with van der Waals surface area (Å²) >= 11 is 0. The van der Waals surface area contributed by atoms with Crippen LogP contribution in [0.3, 0.4) is 0 Å². The molecule has 16 heavy (non-hydrogen) atoms. The zero-order valence-electron chi connectivity index (χ0n) is 9.31. The maximum atomic E-state index is 11.9. The highest BCUT2D eigenvalue weighted by atomic mass is 16.2. The Morgan fingerprint density at radius 1 is 1.25 bits per heavy atom. The van der Waals surface area contributed by atoms with Gasteiger partial charge in [-0.3, -0.25) is 13.9 Å². The fraction of sp³-hybridized carbons (Fsp3) is 0.300. The first kappa shape index (κ1) is 10.4. The third kappa shape index (κ3) is 1.16. The molecule has 6 heteroatoms. The van der Waals surface area contributed by atoms with Gasteiger partial charge >= 0.3 is 5.69 Å². The van der Waals surface area contributed by atoms with Crippen LogP contribution in [0, 0.1) is 6.92 Å². The Morgan fingerprint density at radius 3 is 2.50 bits per heavy atom. The van der Waals surface area contributed by atoms with E-state index in [1.807, 2.05) is 0 Å². The van der Waals surface area contributed by atoms with Gasteiger partial charge in [-0.15, -0.1) is 0 Å². The van der Waals surface area contributed by atoms with Crippen molar-refractivity contribution in [2.75, 3.05) is 5.73 Å². The van der Waals surface area contributed by atoms with Gasteiger partial charge in [-0.25, -0.2) is 9.78 Å². The summed E-state index contributed by atoms with van der Waals surface area (Å²) in [6.45, 7) is 1.77. The Morgan fingerprint density at radius 2 is 1.88 bits per heavy atom. The smallest absolute Gasteiger partial charge is 0.332 e. The summed E-state index contributed by atoms with van der Waals surface area (Å²) in [6, 6.07) is 0. The second-order valence-corrected chi connectivity index (χ2v) is 3.76. The maximum absolute atomic E-state index is 11.9. The van der Waals surface area contributed by atoms with Crippen LogP contribution in [0.4, 0.5) is 5.69 Å². The Labute approximate surface area is 90.9 Å². The zero-order valence-corrected chi connectivity index (χ0v) is 9.31. The molecule has 0 aliphatic carbocycles. The summed E-state index contributed by atoms with van der Waals surface area (Å²) in [5, 5.41) is 0.296. The van der Waals surface area contributed by atoms with Crippen LogP contribution in [0.15, 0.2) is 15.8 Å². The SMILES string of the molecule is Cc1cnc2c(c1N)c(=O)n(C)c(=O)n2C. The summed E-state index contributed by atoms with van der Waals surface area (Å²) in [7, 11) is 2.98. The van der Waals surface area contributed by atoms with Crippen LogP contribution in [-0.4, -0.2) is 14.1 Å². The summed E-state index contributed by atoms with van der Waals surface area (Å²) in [5.74, 6) is 0. The fourth-order valence-electron chi connectivity index (χ4n) is 1.65. The van der Waals surface area contributed by atoms with Crippen LogP contribution >= 0.6 is 0 Å². The molecule has 2 aromatic heterocycles. The molecule has 0 spiro atoms. The second-order valence-electron chi connectivity index (χ2n) is 3.76. The molecule has 0 saturated carbocycles. The van der Waals surface area contributed by atoms with Gasteiger partial charge in [0, 0.05) is 20.3 Å². The number of nitrogens with zero attached hydrogens (tertiary/aromatic N) is 3. The van der Waals surface area contributed by atoms with Crippen molar-refractivity contribution in [2.45, 2.75) is 6.92 Å². The minimum atomic E-state index is -0.410. The molecule has 0 amide bonds. The van der Waals surface area contributed by atoms with Crippen LogP contribution in [-0.2, 0) is 14.1 Å². The van der Waals surface area contributed by atoms with Crippen LogP contribution in [0.25, 0.3) is 11.0 Å². The second kappa shape index (κ2) is 3.19. The summed E-state index contributed by atoms with van der Waals surface area (Å²) in [5.41, 5.74) is 6.44. The first-order chi connectivity index (χ1) is 7.45. The van der Waals surface area contributed by atoms with E-state index in [0.717, 1.165) is 10.1 Å². The van der Waals surface area contributed by atoms with Gasteiger partial charge < -0.3 is 5.73 Å². The van der Waals surface area contributed by atoms with E-state index in [1.165, 1.54) is 11.6 Å².